The molecule has 0 bridgehead atoms. The third kappa shape index (κ3) is 5.36. The van der Waals surface area contributed by atoms with Gasteiger partial charge in [-0.15, -0.1) is 5.10 Å². The first kappa shape index (κ1) is 24.2. The molecule has 1 aliphatic heterocycles. The topological polar surface area (TPSA) is 98.6 Å². The molecular formula is C27H33N5O4. The van der Waals surface area contributed by atoms with Gasteiger partial charge in [-0.1, -0.05) is 42.3 Å². The van der Waals surface area contributed by atoms with Crippen molar-refractivity contribution in [3.05, 3.63) is 54.1 Å². The molecule has 1 saturated heterocycles. The molecule has 2 fully saturated rings. The average molecular weight is 492 g/mol. The lowest BCUT2D eigenvalue weighted by atomic mass is 10.0. The maximum absolute atomic E-state index is 13.9. The molecule has 2 aromatic carbocycles. The maximum Gasteiger partial charge on any atom is 0.247 e. The fourth-order valence-corrected chi connectivity index (χ4v) is 5.25. The van der Waals surface area contributed by atoms with Crippen LogP contribution in [0, 0.1) is 0 Å². The van der Waals surface area contributed by atoms with Gasteiger partial charge in [0.2, 0.25) is 11.8 Å². The zero-order chi connectivity index (χ0) is 24.9. The number of carbonyl (C=O) groups excluding carboxylic acids is 2. The minimum Gasteiger partial charge on any atom is -0.497 e. The van der Waals surface area contributed by atoms with Crippen molar-refractivity contribution in [3.63, 3.8) is 0 Å². The lowest BCUT2D eigenvalue weighted by Gasteiger charge is -2.34. The molecule has 2 heterocycles. The summed E-state index contributed by atoms with van der Waals surface area (Å²) in [6, 6.07) is 14.2. The Hall–Kier alpha value is -3.46. The van der Waals surface area contributed by atoms with Gasteiger partial charge in [-0.2, -0.15) is 0 Å². The van der Waals surface area contributed by atoms with Gasteiger partial charge in [0.15, 0.2) is 0 Å². The van der Waals surface area contributed by atoms with E-state index < -0.39 is 6.04 Å². The molecule has 1 aliphatic carbocycles. The molecule has 9 heteroatoms. The van der Waals surface area contributed by atoms with Crippen LogP contribution in [0.5, 0.6) is 5.75 Å². The van der Waals surface area contributed by atoms with Crippen molar-refractivity contribution >= 4 is 22.8 Å². The second-order valence-corrected chi connectivity index (χ2v) is 9.59. The highest BCUT2D eigenvalue weighted by Gasteiger charge is 2.36. The normalized spacial score (nSPS) is 18.9. The first-order valence-corrected chi connectivity index (χ1v) is 12.8. The zero-order valence-corrected chi connectivity index (χ0v) is 20.6. The summed E-state index contributed by atoms with van der Waals surface area (Å²) in [7, 11) is 1.60. The minimum atomic E-state index is -0.813. The number of benzene rings is 2. The Morgan fingerprint density at radius 1 is 1.14 bits per heavy atom. The number of rotatable bonds is 9. The van der Waals surface area contributed by atoms with Gasteiger partial charge in [-0.3, -0.25) is 9.59 Å². The summed E-state index contributed by atoms with van der Waals surface area (Å²) in [5, 5.41) is 11.6. The Bertz CT molecular complexity index is 1200. The number of nitrogens with one attached hydrogen (secondary N) is 1. The predicted molar refractivity (Wildman–Crippen MR) is 134 cm³/mol. The van der Waals surface area contributed by atoms with Gasteiger partial charge in [0.1, 0.15) is 23.9 Å². The van der Waals surface area contributed by atoms with Gasteiger partial charge in [-0.05, 0) is 55.5 Å². The van der Waals surface area contributed by atoms with Crippen LogP contribution in [0.1, 0.15) is 50.1 Å². The van der Waals surface area contributed by atoms with E-state index in [9.17, 15) is 9.59 Å². The number of methoxy groups -OCH3 is 1. The highest BCUT2D eigenvalue weighted by molar-refractivity contribution is 5.89. The standard InChI is InChI=1S/C27H33N5O4/c1-35-21-11-6-8-19(16-21)26(27(34)28-20-9-2-3-10-20)31(17-22-12-7-15-36-22)25(33)18-32-24-14-5-4-13-23(24)29-30-32/h4-6,8,11,13-14,16,20,22,26H,2-3,7,9-10,12,15,17-18H2,1H3,(H,28,34). The number of carbonyl (C=O) groups is 2. The lowest BCUT2D eigenvalue weighted by Crippen LogP contribution is -2.49. The molecule has 1 saturated carbocycles. The van der Waals surface area contributed by atoms with Crippen LogP contribution >= 0.6 is 0 Å². The summed E-state index contributed by atoms with van der Waals surface area (Å²) < 4.78 is 12.9. The maximum atomic E-state index is 13.9. The van der Waals surface area contributed by atoms with Gasteiger partial charge < -0.3 is 19.7 Å². The highest BCUT2D eigenvalue weighted by atomic mass is 16.5. The van der Waals surface area contributed by atoms with Crippen molar-refractivity contribution in [3.8, 4) is 5.75 Å². The van der Waals surface area contributed by atoms with Crippen LogP contribution in [-0.4, -0.2) is 64.1 Å². The fraction of sp³-hybridized carbons (Fsp3) is 0.481. The third-order valence-corrected chi connectivity index (χ3v) is 7.12. The summed E-state index contributed by atoms with van der Waals surface area (Å²) >= 11 is 0. The molecule has 1 N–H and O–H groups in total. The molecule has 9 nitrogen and oxygen atoms in total. The van der Waals surface area contributed by atoms with E-state index in [0.717, 1.165) is 49.6 Å². The van der Waals surface area contributed by atoms with Crippen molar-refractivity contribution in [2.45, 2.75) is 63.3 Å². The number of fused-ring (bicyclic) bond motifs is 1. The number of amides is 2. The summed E-state index contributed by atoms with van der Waals surface area (Å²) in [6.07, 6.45) is 5.81. The van der Waals surface area contributed by atoms with Crippen molar-refractivity contribution in [1.29, 1.82) is 0 Å². The Morgan fingerprint density at radius 3 is 2.75 bits per heavy atom. The molecular weight excluding hydrogens is 458 g/mol. The van der Waals surface area contributed by atoms with Crippen molar-refractivity contribution in [1.82, 2.24) is 25.2 Å². The molecule has 0 spiro atoms. The Labute approximate surface area is 210 Å². The minimum absolute atomic E-state index is 0.0234. The summed E-state index contributed by atoms with van der Waals surface area (Å²) in [4.78, 5) is 29.4. The number of ether oxygens (including phenoxy) is 2. The highest BCUT2D eigenvalue weighted by Crippen LogP contribution is 2.29. The van der Waals surface area contributed by atoms with Gasteiger partial charge in [0.25, 0.3) is 0 Å². The number of hydrogen-bond donors (Lipinski definition) is 1. The monoisotopic (exact) mass is 491 g/mol. The van der Waals surface area contributed by atoms with Gasteiger partial charge in [0.05, 0.1) is 18.7 Å². The van der Waals surface area contributed by atoms with Crippen LogP contribution in [0.3, 0.4) is 0 Å². The molecule has 2 atom stereocenters. The Kier molecular flexibility index (Phi) is 7.46. The van der Waals surface area contributed by atoms with E-state index in [2.05, 4.69) is 15.6 Å². The second-order valence-electron chi connectivity index (χ2n) is 9.59. The number of aromatic nitrogens is 3. The van der Waals surface area contributed by atoms with Crippen LogP contribution in [0.15, 0.2) is 48.5 Å². The molecule has 3 aromatic rings. The number of hydrogen-bond acceptors (Lipinski definition) is 6. The molecule has 0 radical (unpaired) electrons. The first-order chi connectivity index (χ1) is 17.6. The zero-order valence-electron chi connectivity index (χ0n) is 20.6. The van der Waals surface area contributed by atoms with Crippen LogP contribution < -0.4 is 10.1 Å². The molecule has 2 aliphatic rings. The largest absolute Gasteiger partial charge is 0.497 e. The van der Waals surface area contributed by atoms with Crippen LogP contribution in [0.25, 0.3) is 11.0 Å². The number of nitrogens with zero attached hydrogens (tertiary/aromatic N) is 4. The van der Waals surface area contributed by atoms with Gasteiger partial charge in [-0.25, -0.2) is 4.68 Å². The SMILES string of the molecule is COc1cccc(C(C(=O)NC2CCCC2)N(CC2CCCO2)C(=O)Cn2nnc3ccccc32)c1. The van der Waals surface area contributed by atoms with Crippen molar-refractivity contribution in [2.75, 3.05) is 20.3 Å². The van der Waals surface area contributed by atoms with Gasteiger partial charge in [0, 0.05) is 19.2 Å². The first-order valence-electron chi connectivity index (χ1n) is 12.8. The average Bonchev–Trinajstić information content (AvgIpc) is 3.67. The van der Waals surface area contributed by atoms with E-state index >= 15 is 0 Å². The van der Waals surface area contributed by atoms with Crippen LogP contribution in [0.4, 0.5) is 0 Å². The summed E-state index contributed by atoms with van der Waals surface area (Å²) in [5.41, 5.74) is 2.20. The number of para-hydroxylation sites is 1. The molecule has 1 aromatic heterocycles. The van der Waals surface area contributed by atoms with E-state index in [4.69, 9.17) is 9.47 Å². The van der Waals surface area contributed by atoms with Gasteiger partial charge >= 0.3 is 0 Å². The molecule has 36 heavy (non-hydrogen) atoms. The van der Waals surface area contributed by atoms with Crippen molar-refractivity contribution < 1.29 is 19.1 Å². The predicted octanol–water partition coefficient (Wildman–Crippen LogP) is 3.25. The molecule has 190 valence electrons. The summed E-state index contributed by atoms with van der Waals surface area (Å²) in [5.74, 6) is 0.249. The second kappa shape index (κ2) is 11.1. The molecule has 5 rings (SSSR count). The Morgan fingerprint density at radius 2 is 1.97 bits per heavy atom. The lowest BCUT2D eigenvalue weighted by molar-refractivity contribution is -0.143. The van der Waals surface area contributed by atoms with Crippen molar-refractivity contribution in [2.24, 2.45) is 0 Å². The van der Waals surface area contributed by atoms with E-state index in [0.29, 0.717) is 24.5 Å². The smallest absolute Gasteiger partial charge is 0.247 e. The summed E-state index contributed by atoms with van der Waals surface area (Å²) in [6.45, 7) is 0.967. The Balaban J connectivity index is 1.49. The van der Waals surface area contributed by atoms with E-state index in [1.54, 1.807) is 16.7 Å². The fourth-order valence-electron chi connectivity index (χ4n) is 5.25. The van der Waals surface area contributed by atoms with Crippen LogP contribution in [0.2, 0.25) is 0 Å². The van der Waals surface area contributed by atoms with E-state index in [1.165, 1.54) is 0 Å². The quantitative estimate of drug-likeness (QED) is 0.493. The molecule has 2 amide bonds. The van der Waals surface area contributed by atoms with E-state index in [-0.39, 0.29) is 30.5 Å². The van der Waals surface area contributed by atoms with Crippen LogP contribution in [-0.2, 0) is 20.9 Å². The third-order valence-electron chi connectivity index (χ3n) is 7.12. The van der Waals surface area contributed by atoms with E-state index in [1.807, 2.05) is 48.5 Å². The molecule has 2 unspecified atom stereocenters.